The molecule has 0 spiro atoms. The standard InChI is InChI=1S/C14H19/c1-3-11(2)13-9-8-12-6-4-5-7-14(12)10-13/h7-11H,3-6H2,1-2H3. The molecule has 0 aromatic heterocycles. The molecule has 0 heterocycles. The first kappa shape index (κ1) is 9.76. The van der Waals surface area contributed by atoms with Gasteiger partial charge in [0, 0.05) is 0 Å². The lowest BCUT2D eigenvalue weighted by molar-refractivity contribution is 0.725. The molecule has 14 heavy (non-hydrogen) atoms. The molecule has 2 rings (SSSR count). The van der Waals surface area contributed by atoms with Gasteiger partial charge in [0.25, 0.3) is 0 Å². The van der Waals surface area contributed by atoms with Crippen molar-refractivity contribution >= 4 is 0 Å². The van der Waals surface area contributed by atoms with Crippen molar-refractivity contribution < 1.29 is 0 Å². The second-order valence-corrected chi connectivity index (χ2v) is 4.36. The lowest BCUT2D eigenvalue weighted by Gasteiger charge is -2.18. The molecule has 1 radical (unpaired) electrons. The quantitative estimate of drug-likeness (QED) is 0.654. The number of fused-ring (bicyclic) bond motifs is 1. The molecule has 0 bridgehead atoms. The van der Waals surface area contributed by atoms with Crippen molar-refractivity contribution in [3.63, 3.8) is 0 Å². The van der Waals surface area contributed by atoms with Gasteiger partial charge in [-0.25, -0.2) is 0 Å². The number of hydrogen-bond acceptors (Lipinski definition) is 0. The molecule has 0 aliphatic heterocycles. The van der Waals surface area contributed by atoms with Gasteiger partial charge in [-0.2, -0.15) is 0 Å². The zero-order valence-electron chi connectivity index (χ0n) is 9.22. The zero-order chi connectivity index (χ0) is 9.97. The summed E-state index contributed by atoms with van der Waals surface area (Å²) in [5.41, 5.74) is 4.54. The molecule has 1 aliphatic carbocycles. The van der Waals surface area contributed by atoms with Crippen molar-refractivity contribution in [2.24, 2.45) is 0 Å². The van der Waals surface area contributed by atoms with Crippen LogP contribution in [0, 0.1) is 6.42 Å². The van der Waals surface area contributed by atoms with Crippen LogP contribution in [0.2, 0.25) is 0 Å². The lowest BCUT2D eigenvalue weighted by Crippen LogP contribution is -2.02. The maximum atomic E-state index is 2.39. The monoisotopic (exact) mass is 187 g/mol. The van der Waals surface area contributed by atoms with Gasteiger partial charge in [0.2, 0.25) is 0 Å². The van der Waals surface area contributed by atoms with Crippen LogP contribution in [0.25, 0.3) is 0 Å². The van der Waals surface area contributed by atoms with Crippen molar-refractivity contribution in [3.8, 4) is 0 Å². The van der Waals surface area contributed by atoms with Crippen molar-refractivity contribution in [1.82, 2.24) is 0 Å². The van der Waals surface area contributed by atoms with Gasteiger partial charge in [0.1, 0.15) is 0 Å². The third-order valence-corrected chi connectivity index (χ3v) is 3.37. The summed E-state index contributed by atoms with van der Waals surface area (Å²) in [6, 6.07) is 7.03. The summed E-state index contributed by atoms with van der Waals surface area (Å²) < 4.78 is 0. The van der Waals surface area contributed by atoms with E-state index in [-0.39, 0.29) is 0 Å². The summed E-state index contributed by atoms with van der Waals surface area (Å²) in [4.78, 5) is 0. The van der Waals surface area contributed by atoms with Gasteiger partial charge in [-0.15, -0.1) is 0 Å². The van der Waals surface area contributed by atoms with E-state index in [9.17, 15) is 0 Å². The maximum Gasteiger partial charge on any atom is -0.00900 e. The van der Waals surface area contributed by atoms with E-state index in [2.05, 4.69) is 38.5 Å². The minimum absolute atomic E-state index is 0.704. The first-order chi connectivity index (χ1) is 6.81. The molecule has 0 saturated carbocycles. The fraction of sp³-hybridized carbons (Fsp3) is 0.500. The molecule has 0 heteroatoms. The Morgan fingerprint density at radius 2 is 2.21 bits per heavy atom. The van der Waals surface area contributed by atoms with Crippen molar-refractivity contribution in [3.05, 3.63) is 41.3 Å². The van der Waals surface area contributed by atoms with Gasteiger partial charge >= 0.3 is 0 Å². The van der Waals surface area contributed by atoms with Crippen molar-refractivity contribution in [2.75, 3.05) is 0 Å². The summed E-state index contributed by atoms with van der Waals surface area (Å²) in [5, 5.41) is 0. The van der Waals surface area contributed by atoms with Crippen molar-refractivity contribution in [2.45, 2.75) is 45.4 Å². The van der Waals surface area contributed by atoms with Crippen LogP contribution in [0.3, 0.4) is 0 Å². The van der Waals surface area contributed by atoms with Crippen LogP contribution in [0.1, 0.15) is 55.7 Å². The van der Waals surface area contributed by atoms with Gasteiger partial charge in [0.05, 0.1) is 0 Å². The Balaban J connectivity index is 2.29. The van der Waals surface area contributed by atoms with E-state index >= 15 is 0 Å². The highest BCUT2D eigenvalue weighted by Gasteiger charge is 2.11. The molecule has 1 aromatic rings. The van der Waals surface area contributed by atoms with Crippen LogP contribution < -0.4 is 0 Å². The molecule has 0 fully saturated rings. The molecule has 0 N–H and O–H groups in total. The van der Waals surface area contributed by atoms with E-state index < -0.39 is 0 Å². The molecule has 1 aromatic carbocycles. The lowest BCUT2D eigenvalue weighted by atomic mass is 9.87. The zero-order valence-corrected chi connectivity index (χ0v) is 9.22. The predicted octanol–water partition coefficient (Wildman–Crippen LogP) is 4.09. The molecular weight excluding hydrogens is 168 g/mol. The molecule has 1 atom stereocenters. The number of rotatable bonds is 2. The van der Waals surface area contributed by atoms with E-state index in [0.717, 1.165) is 0 Å². The average Bonchev–Trinajstić information content (AvgIpc) is 2.27. The van der Waals surface area contributed by atoms with Gasteiger partial charge in [-0.05, 0) is 54.7 Å². The van der Waals surface area contributed by atoms with Crippen LogP contribution in [0.4, 0.5) is 0 Å². The van der Waals surface area contributed by atoms with Crippen LogP contribution in [0.15, 0.2) is 18.2 Å². The minimum atomic E-state index is 0.704. The second kappa shape index (κ2) is 4.16. The molecule has 1 aliphatic rings. The van der Waals surface area contributed by atoms with Crippen molar-refractivity contribution in [1.29, 1.82) is 0 Å². The second-order valence-electron chi connectivity index (χ2n) is 4.36. The SMILES string of the molecule is CCC(C)c1ccc2c(c1)[CH]CCC2. The predicted molar refractivity (Wildman–Crippen MR) is 61.5 cm³/mol. The number of hydrogen-bond donors (Lipinski definition) is 0. The molecule has 0 nitrogen and oxygen atoms in total. The van der Waals surface area contributed by atoms with E-state index in [0.29, 0.717) is 5.92 Å². The highest BCUT2D eigenvalue weighted by atomic mass is 14.2. The Hall–Kier alpha value is -0.780. The topological polar surface area (TPSA) is 0 Å². The van der Waals surface area contributed by atoms with Gasteiger partial charge in [0.15, 0.2) is 0 Å². The molecule has 75 valence electrons. The van der Waals surface area contributed by atoms with Crippen LogP contribution >= 0.6 is 0 Å². The smallest absolute Gasteiger partial charge is 0.00900 e. The Bertz CT molecular complexity index is 312. The van der Waals surface area contributed by atoms with E-state index in [1.807, 2.05) is 0 Å². The minimum Gasteiger partial charge on any atom is -0.0648 e. The summed E-state index contributed by atoms with van der Waals surface area (Å²) in [5.74, 6) is 0.704. The van der Waals surface area contributed by atoms with Gasteiger partial charge in [-0.3, -0.25) is 0 Å². The summed E-state index contributed by atoms with van der Waals surface area (Å²) in [6.07, 6.45) is 7.49. The van der Waals surface area contributed by atoms with Crippen LogP contribution in [-0.2, 0) is 6.42 Å². The molecule has 0 saturated heterocycles. The Morgan fingerprint density at radius 1 is 1.36 bits per heavy atom. The third-order valence-electron chi connectivity index (χ3n) is 3.37. The Labute approximate surface area is 87.3 Å². The average molecular weight is 187 g/mol. The number of aryl methyl sites for hydroxylation is 1. The van der Waals surface area contributed by atoms with Crippen LogP contribution in [-0.4, -0.2) is 0 Å². The first-order valence-electron chi connectivity index (χ1n) is 5.77. The highest BCUT2D eigenvalue weighted by molar-refractivity contribution is 5.39. The summed E-state index contributed by atoms with van der Waals surface area (Å²) >= 11 is 0. The van der Waals surface area contributed by atoms with E-state index in [1.165, 1.54) is 36.8 Å². The highest BCUT2D eigenvalue weighted by Crippen LogP contribution is 2.27. The fourth-order valence-electron chi connectivity index (χ4n) is 2.12. The maximum absolute atomic E-state index is 2.39. The largest absolute Gasteiger partial charge is 0.0648 e. The third kappa shape index (κ3) is 1.84. The Kier molecular flexibility index (Phi) is 2.90. The first-order valence-corrected chi connectivity index (χ1v) is 5.77. The van der Waals surface area contributed by atoms with E-state index in [4.69, 9.17) is 0 Å². The molecular formula is C14H19. The summed E-state index contributed by atoms with van der Waals surface area (Å²) in [7, 11) is 0. The molecule has 1 unspecified atom stereocenters. The number of benzene rings is 1. The van der Waals surface area contributed by atoms with Gasteiger partial charge in [-0.1, -0.05) is 32.0 Å². The van der Waals surface area contributed by atoms with Crippen LogP contribution in [0.5, 0.6) is 0 Å². The Morgan fingerprint density at radius 3 is 3.00 bits per heavy atom. The van der Waals surface area contributed by atoms with Gasteiger partial charge < -0.3 is 0 Å². The summed E-state index contributed by atoms with van der Waals surface area (Å²) in [6.45, 7) is 4.57. The fourth-order valence-corrected chi connectivity index (χ4v) is 2.12. The molecule has 0 amide bonds. The van der Waals surface area contributed by atoms with E-state index in [1.54, 1.807) is 5.56 Å². The normalized spacial score (nSPS) is 17.6.